The van der Waals surface area contributed by atoms with Gasteiger partial charge in [-0.2, -0.15) is 0 Å². The average Bonchev–Trinajstić information content (AvgIpc) is 3.08. The molecule has 0 aliphatic heterocycles. The number of Topliss-reactive ketones (excluding diaryl/α,β-unsaturated/α-hetero) is 1. The van der Waals surface area contributed by atoms with Crippen LogP contribution in [0.2, 0.25) is 0 Å². The molecule has 3 rings (SSSR count). The van der Waals surface area contributed by atoms with E-state index in [2.05, 4.69) is 31.3 Å². The van der Waals surface area contributed by atoms with Gasteiger partial charge in [-0.05, 0) is 67.6 Å². The van der Waals surface area contributed by atoms with Crippen molar-refractivity contribution in [2.24, 2.45) is 0 Å². The monoisotopic (exact) mass is 360 g/mol. The Morgan fingerprint density at radius 1 is 0.852 bits per heavy atom. The SMILES string of the molecule is Cc1ccc(Cn2cccc2C(=O)C(=O)Nc2c(C)cccc2C)cc1C. The molecule has 0 unspecified atom stereocenters. The van der Waals surface area contributed by atoms with Crippen molar-refractivity contribution in [3.8, 4) is 0 Å². The van der Waals surface area contributed by atoms with Crippen LogP contribution in [0, 0.1) is 27.7 Å². The number of carbonyl (C=O) groups excluding carboxylic acids is 2. The zero-order chi connectivity index (χ0) is 19.6. The second-order valence-corrected chi connectivity index (χ2v) is 6.99. The van der Waals surface area contributed by atoms with Crippen LogP contribution in [0.3, 0.4) is 0 Å². The highest BCUT2D eigenvalue weighted by Gasteiger charge is 2.21. The zero-order valence-electron chi connectivity index (χ0n) is 16.2. The largest absolute Gasteiger partial charge is 0.340 e. The molecule has 1 N–H and O–H groups in total. The number of nitrogens with zero attached hydrogens (tertiary/aromatic N) is 1. The molecule has 1 heterocycles. The van der Waals surface area contributed by atoms with Gasteiger partial charge in [0.2, 0.25) is 0 Å². The fourth-order valence-corrected chi connectivity index (χ4v) is 3.15. The minimum Gasteiger partial charge on any atom is -0.340 e. The van der Waals surface area contributed by atoms with Crippen LogP contribution in [0.4, 0.5) is 5.69 Å². The van der Waals surface area contributed by atoms with E-state index in [1.165, 1.54) is 11.1 Å². The van der Waals surface area contributed by atoms with Crippen molar-refractivity contribution < 1.29 is 9.59 Å². The molecule has 27 heavy (non-hydrogen) atoms. The number of rotatable bonds is 5. The van der Waals surface area contributed by atoms with Crippen LogP contribution in [-0.2, 0) is 11.3 Å². The third kappa shape index (κ3) is 4.00. The van der Waals surface area contributed by atoms with Gasteiger partial charge >= 0.3 is 0 Å². The number of nitrogens with one attached hydrogen (secondary N) is 1. The van der Waals surface area contributed by atoms with Gasteiger partial charge in [-0.1, -0.05) is 36.4 Å². The minimum atomic E-state index is -0.618. The molecule has 0 bridgehead atoms. The number of hydrogen-bond donors (Lipinski definition) is 1. The van der Waals surface area contributed by atoms with Gasteiger partial charge in [-0.3, -0.25) is 9.59 Å². The van der Waals surface area contributed by atoms with Gasteiger partial charge in [0, 0.05) is 18.4 Å². The molecule has 3 aromatic rings. The number of ketones is 1. The van der Waals surface area contributed by atoms with E-state index in [0.29, 0.717) is 17.9 Å². The first-order chi connectivity index (χ1) is 12.9. The van der Waals surface area contributed by atoms with Crippen LogP contribution in [0.25, 0.3) is 0 Å². The summed E-state index contributed by atoms with van der Waals surface area (Å²) >= 11 is 0. The highest BCUT2D eigenvalue weighted by atomic mass is 16.2. The highest BCUT2D eigenvalue weighted by molar-refractivity contribution is 6.46. The number of anilines is 1. The second-order valence-electron chi connectivity index (χ2n) is 6.99. The molecule has 1 amide bonds. The zero-order valence-corrected chi connectivity index (χ0v) is 16.2. The lowest BCUT2D eigenvalue weighted by Crippen LogP contribution is -2.26. The number of carbonyl (C=O) groups is 2. The number of aryl methyl sites for hydroxylation is 4. The predicted molar refractivity (Wildman–Crippen MR) is 108 cm³/mol. The number of hydrogen-bond acceptors (Lipinski definition) is 2. The first kappa shape index (κ1) is 18.6. The normalized spacial score (nSPS) is 10.7. The molecule has 0 aliphatic carbocycles. The van der Waals surface area contributed by atoms with E-state index in [0.717, 1.165) is 16.7 Å². The molecule has 2 aromatic carbocycles. The third-order valence-electron chi connectivity index (χ3n) is 4.91. The van der Waals surface area contributed by atoms with E-state index >= 15 is 0 Å². The first-order valence-electron chi connectivity index (χ1n) is 9.00. The standard InChI is InChI=1S/C23H24N2O2/c1-15-10-11-19(13-18(15)4)14-25-12-6-9-20(25)22(26)23(27)24-21-16(2)7-5-8-17(21)3/h5-13H,14H2,1-4H3,(H,24,27). The molecule has 0 aliphatic rings. The van der Waals surface area contributed by atoms with E-state index in [-0.39, 0.29) is 0 Å². The molecular formula is C23H24N2O2. The summed E-state index contributed by atoms with van der Waals surface area (Å²) in [5.74, 6) is -1.15. The number of benzene rings is 2. The van der Waals surface area contributed by atoms with Gasteiger partial charge in [0.05, 0.1) is 5.69 Å². The Morgan fingerprint density at radius 3 is 2.22 bits per heavy atom. The van der Waals surface area contributed by atoms with Crippen LogP contribution >= 0.6 is 0 Å². The molecule has 0 radical (unpaired) electrons. The maximum atomic E-state index is 12.7. The lowest BCUT2D eigenvalue weighted by Gasteiger charge is -2.12. The molecule has 0 fully saturated rings. The highest BCUT2D eigenvalue weighted by Crippen LogP contribution is 2.20. The molecular weight excluding hydrogens is 336 g/mol. The lowest BCUT2D eigenvalue weighted by atomic mass is 10.1. The van der Waals surface area contributed by atoms with Gasteiger partial charge in [-0.15, -0.1) is 0 Å². The number of aromatic nitrogens is 1. The maximum Gasteiger partial charge on any atom is 0.298 e. The number of amides is 1. The summed E-state index contributed by atoms with van der Waals surface area (Å²) in [6, 6.07) is 15.5. The molecule has 0 spiro atoms. The van der Waals surface area contributed by atoms with E-state index in [1.54, 1.807) is 12.1 Å². The fourth-order valence-electron chi connectivity index (χ4n) is 3.15. The first-order valence-corrected chi connectivity index (χ1v) is 9.00. The average molecular weight is 360 g/mol. The second kappa shape index (κ2) is 7.62. The van der Waals surface area contributed by atoms with Gasteiger partial charge in [-0.25, -0.2) is 0 Å². The van der Waals surface area contributed by atoms with Crippen molar-refractivity contribution in [2.75, 3.05) is 5.32 Å². The molecule has 4 heteroatoms. The van der Waals surface area contributed by atoms with E-state index in [4.69, 9.17) is 0 Å². The third-order valence-corrected chi connectivity index (χ3v) is 4.91. The summed E-state index contributed by atoms with van der Waals surface area (Å²) in [7, 11) is 0. The van der Waals surface area contributed by atoms with Gasteiger partial charge in [0.1, 0.15) is 0 Å². The lowest BCUT2D eigenvalue weighted by molar-refractivity contribution is -0.112. The molecule has 0 saturated heterocycles. The molecule has 0 saturated carbocycles. The summed E-state index contributed by atoms with van der Waals surface area (Å²) in [6.45, 7) is 8.51. The summed E-state index contributed by atoms with van der Waals surface area (Å²) < 4.78 is 1.82. The fraction of sp³-hybridized carbons (Fsp3) is 0.217. The smallest absolute Gasteiger partial charge is 0.298 e. The molecule has 0 atom stereocenters. The Morgan fingerprint density at radius 2 is 1.56 bits per heavy atom. The van der Waals surface area contributed by atoms with Crippen LogP contribution in [0.5, 0.6) is 0 Å². The number of para-hydroxylation sites is 1. The van der Waals surface area contributed by atoms with Gasteiger partial charge in [0.15, 0.2) is 0 Å². The Labute approximate surface area is 159 Å². The predicted octanol–water partition coefficient (Wildman–Crippen LogP) is 4.59. The summed E-state index contributed by atoms with van der Waals surface area (Å²) in [5, 5.41) is 2.77. The Kier molecular flexibility index (Phi) is 5.26. The van der Waals surface area contributed by atoms with Gasteiger partial charge < -0.3 is 9.88 Å². The van der Waals surface area contributed by atoms with Crippen molar-refractivity contribution >= 4 is 17.4 Å². The topological polar surface area (TPSA) is 51.1 Å². The summed E-state index contributed by atoms with van der Waals surface area (Å²) in [6.07, 6.45) is 1.83. The van der Waals surface area contributed by atoms with Crippen LogP contribution in [0.1, 0.15) is 38.3 Å². The minimum absolute atomic E-state index is 0.386. The van der Waals surface area contributed by atoms with Crippen molar-refractivity contribution in [2.45, 2.75) is 34.2 Å². The Hall–Kier alpha value is -3.14. The quantitative estimate of drug-likeness (QED) is 0.534. The van der Waals surface area contributed by atoms with Crippen molar-refractivity contribution in [3.63, 3.8) is 0 Å². The van der Waals surface area contributed by atoms with Crippen molar-refractivity contribution in [1.82, 2.24) is 4.57 Å². The van der Waals surface area contributed by atoms with Crippen LogP contribution in [-0.4, -0.2) is 16.3 Å². The molecule has 1 aromatic heterocycles. The van der Waals surface area contributed by atoms with Crippen molar-refractivity contribution in [1.29, 1.82) is 0 Å². The molecule has 4 nitrogen and oxygen atoms in total. The molecule has 138 valence electrons. The van der Waals surface area contributed by atoms with E-state index in [9.17, 15) is 9.59 Å². The van der Waals surface area contributed by atoms with E-state index < -0.39 is 11.7 Å². The maximum absolute atomic E-state index is 12.7. The Balaban J connectivity index is 1.80. The summed E-state index contributed by atoms with van der Waals surface area (Å²) in [5.41, 5.74) is 6.48. The summed E-state index contributed by atoms with van der Waals surface area (Å²) in [4.78, 5) is 25.3. The van der Waals surface area contributed by atoms with Crippen LogP contribution < -0.4 is 5.32 Å². The van der Waals surface area contributed by atoms with Gasteiger partial charge in [0.25, 0.3) is 11.7 Å². The van der Waals surface area contributed by atoms with Crippen LogP contribution in [0.15, 0.2) is 54.7 Å². The van der Waals surface area contributed by atoms with E-state index in [1.807, 2.05) is 48.9 Å². The Bertz CT molecular complexity index is 995. The van der Waals surface area contributed by atoms with Crippen molar-refractivity contribution in [3.05, 3.63) is 88.2 Å².